The van der Waals surface area contributed by atoms with E-state index in [2.05, 4.69) is 0 Å². The van der Waals surface area contributed by atoms with Crippen molar-refractivity contribution in [3.8, 4) is 11.5 Å². The molecule has 2 aliphatic rings. The Hall–Kier alpha value is -1.58. The molecule has 25 heavy (non-hydrogen) atoms. The van der Waals surface area contributed by atoms with Crippen molar-refractivity contribution in [3.63, 3.8) is 0 Å². The summed E-state index contributed by atoms with van der Waals surface area (Å²) in [6, 6.07) is 4.93. The lowest BCUT2D eigenvalue weighted by Gasteiger charge is -2.20. The molecule has 1 aromatic rings. The molecule has 6 nitrogen and oxygen atoms in total. The van der Waals surface area contributed by atoms with Crippen molar-refractivity contribution in [2.45, 2.75) is 12.5 Å². The molecule has 0 saturated carbocycles. The molecule has 1 atom stereocenters. The van der Waals surface area contributed by atoms with Crippen LogP contribution < -0.4 is 9.47 Å². The van der Waals surface area contributed by atoms with Gasteiger partial charge < -0.3 is 9.47 Å². The second-order valence-corrected chi connectivity index (χ2v) is 9.62. The second kappa shape index (κ2) is 6.97. The maximum absolute atomic E-state index is 12.7. The Morgan fingerprint density at radius 3 is 2.68 bits per heavy atom. The first-order chi connectivity index (χ1) is 11.8. The molecular weight excluding hydrogens is 382 g/mol. The normalized spacial score (nSPS) is 24.2. The summed E-state index contributed by atoms with van der Waals surface area (Å²) in [5, 5.41) is 0. The lowest BCUT2D eigenvalue weighted by molar-refractivity contribution is -0.123. The number of hydrogen-bond donors (Lipinski definition) is 0. The zero-order chi connectivity index (χ0) is 18.2. The van der Waals surface area contributed by atoms with E-state index in [1.807, 2.05) is 0 Å². The predicted molar refractivity (Wildman–Crippen MR) is 102 cm³/mol. The van der Waals surface area contributed by atoms with Crippen LogP contribution in [-0.2, 0) is 14.6 Å². The Bertz CT molecular complexity index is 863. The maximum atomic E-state index is 12.7. The Kier molecular flexibility index (Phi) is 5.08. The van der Waals surface area contributed by atoms with Crippen molar-refractivity contribution in [3.05, 3.63) is 28.7 Å². The number of amides is 1. The maximum Gasteiger partial charge on any atom is 0.266 e. The van der Waals surface area contributed by atoms with Gasteiger partial charge in [0, 0.05) is 11.6 Å². The molecule has 1 unspecified atom stereocenters. The van der Waals surface area contributed by atoms with Gasteiger partial charge in [0.2, 0.25) is 0 Å². The minimum absolute atomic E-state index is 0.0292. The van der Waals surface area contributed by atoms with Crippen LogP contribution in [0.2, 0.25) is 0 Å². The molecule has 9 heteroatoms. The topological polar surface area (TPSA) is 72.9 Å². The van der Waals surface area contributed by atoms with Gasteiger partial charge >= 0.3 is 0 Å². The van der Waals surface area contributed by atoms with Gasteiger partial charge in [-0.15, -0.1) is 0 Å². The van der Waals surface area contributed by atoms with Crippen LogP contribution >= 0.6 is 24.0 Å². The summed E-state index contributed by atoms with van der Waals surface area (Å²) in [5.74, 6) is 1.04. The molecule has 0 spiro atoms. The number of thioether (sulfide) groups is 1. The Labute approximate surface area is 156 Å². The molecule has 134 valence electrons. The second-order valence-electron chi connectivity index (χ2n) is 5.72. The molecule has 0 aromatic heterocycles. The molecule has 3 rings (SSSR count). The van der Waals surface area contributed by atoms with Gasteiger partial charge in [-0.25, -0.2) is 8.42 Å². The van der Waals surface area contributed by atoms with E-state index >= 15 is 0 Å². The predicted octanol–water partition coefficient (Wildman–Crippen LogP) is 2.09. The van der Waals surface area contributed by atoms with Gasteiger partial charge in [0.25, 0.3) is 5.91 Å². The highest BCUT2D eigenvalue weighted by Crippen LogP contribution is 2.37. The SMILES string of the molecule is COc1ccc(C=C2SC(=S)N(C3CCS(=O)(=O)C3)C2=O)c(OC)c1. The number of carbonyl (C=O) groups is 1. The Morgan fingerprint density at radius 2 is 2.08 bits per heavy atom. The van der Waals surface area contributed by atoms with Crippen LogP contribution in [0.3, 0.4) is 0 Å². The van der Waals surface area contributed by atoms with E-state index in [1.165, 1.54) is 16.7 Å². The van der Waals surface area contributed by atoms with E-state index in [0.717, 1.165) is 5.56 Å². The van der Waals surface area contributed by atoms with Crippen LogP contribution in [0.1, 0.15) is 12.0 Å². The van der Waals surface area contributed by atoms with Crippen molar-refractivity contribution in [1.82, 2.24) is 4.90 Å². The zero-order valence-corrected chi connectivity index (χ0v) is 16.2. The molecule has 2 saturated heterocycles. The quantitative estimate of drug-likeness (QED) is 0.567. The van der Waals surface area contributed by atoms with Gasteiger partial charge in [-0.05, 0) is 24.6 Å². The van der Waals surface area contributed by atoms with Gasteiger partial charge in [0.15, 0.2) is 9.84 Å². The standard InChI is InChI=1S/C16H17NO5S3/c1-21-12-4-3-10(13(8-12)22-2)7-14-15(18)17(16(23)24-14)11-5-6-25(19,20)9-11/h3-4,7-8,11H,5-6,9H2,1-2H3. The Morgan fingerprint density at radius 1 is 1.32 bits per heavy atom. The monoisotopic (exact) mass is 399 g/mol. The first-order valence-electron chi connectivity index (χ1n) is 7.54. The molecule has 2 heterocycles. The fraction of sp³-hybridized carbons (Fsp3) is 0.375. The number of carbonyl (C=O) groups excluding carboxylic acids is 1. The van der Waals surface area contributed by atoms with Gasteiger partial charge in [-0.1, -0.05) is 24.0 Å². The number of hydrogen-bond acceptors (Lipinski definition) is 7. The third-order valence-electron chi connectivity index (χ3n) is 4.12. The van der Waals surface area contributed by atoms with Crippen LogP contribution in [0.25, 0.3) is 6.08 Å². The fourth-order valence-corrected chi connectivity index (χ4v) is 5.94. The van der Waals surface area contributed by atoms with E-state index in [1.54, 1.807) is 38.5 Å². The number of thiocarbonyl (C=S) groups is 1. The highest BCUT2D eigenvalue weighted by Gasteiger charge is 2.42. The summed E-state index contributed by atoms with van der Waals surface area (Å²) in [6.45, 7) is 0. The van der Waals surface area contributed by atoms with Crippen LogP contribution in [-0.4, -0.2) is 55.3 Å². The van der Waals surface area contributed by atoms with Gasteiger partial charge in [-0.2, -0.15) is 0 Å². The van der Waals surface area contributed by atoms with Gasteiger partial charge in [0.1, 0.15) is 15.8 Å². The van der Waals surface area contributed by atoms with Crippen LogP contribution in [0.4, 0.5) is 0 Å². The largest absolute Gasteiger partial charge is 0.497 e. The molecule has 2 fully saturated rings. The zero-order valence-electron chi connectivity index (χ0n) is 13.7. The Balaban J connectivity index is 1.88. The molecule has 1 aromatic carbocycles. The molecular formula is C16H17NO5S3. The van der Waals surface area contributed by atoms with Crippen molar-refractivity contribution < 1.29 is 22.7 Å². The van der Waals surface area contributed by atoms with E-state index in [0.29, 0.717) is 27.1 Å². The number of ether oxygens (including phenoxy) is 2. The van der Waals surface area contributed by atoms with Crippen molar-refractivity contribution in [2.75, 3.05) is 25.7 Å². The third kappa shape index (κ3) is 3.68. The first-order valence-corrected chi connectivity index (χ1v) is 10.6. The van der Waals surface area contributed by atoms with Crippen molar-refractivity contribution >= 4 is 50.1 Å². The van der Waals surface area contributed by atoms with E-state index in [9.17, 15) is 13.2 Å². The number of nitrogens with zero attached hydrogens (tertiary/aromatic N) is 1. The fourth-order valence-electron chi connectivity index (χ4n) is 2.85. The highest BCUT2D eigenvalue weighted by molar-refractivity contribution is 8.26. The number of sulfone groups is 1. The summed E-state index contributed by atoms with van der Waals surface area (Å²) in [5.41, 5.74) is 0.725. The van der Waals surface area contributed by atoms with Crippen LogP contribution in [0.5, 0.6) is 11.5 Å². The minimum atomic E-state index is -3.09. The van der Waals surface area contributed by atoms with E-state index < -0.39 is 9.84 Å². The summed E-state index contributed by atoms with van der Waals surface area (Å²) < 4.78 is 34.3. The average molecular weight is 400 g/mol. The molecule has 0 radical (unpaired) electrons. The molecule has 0 aliphatic carbocycles. The summed E-state index contributed by atoms with van der Waals surface area (Å²) in [4.78, 5) is 14.6. The lowest BCUT2D eigenvalue weighted by Crippen LogP contribution is -2.39. The smallest absolute Gasteiger partial charge is 0.266 e. The highest BCUT2D eigenvalue weighted by atomic mass is 32.2. The van der Waals surface area contributed by atoms with Crippen molar-refractivity contribution in [2.24, 2.45) is 0 Å². The summed E-state index contributed by atoms with van der Waals surface area (Å²) in [7, 11) is 0.0165. The summed E-state index contributed by atoms with van der Waals surface area (Å²) in [6.07, 6.45) is 2.13. The third-order valence-corrected chi connectivity index (χ3v) is 7.21. The van der Waals surface area contributed by atoms with Gasteiger partial charge in [-0.3, -0.25) is 9.69 Å². The number of benzene rings is 1. The molecule has 1 amide bonds. The van der Waals surface area contributed by atoms with E-state index in [4.69, 9.17) is 21.7 Å². The van der Waals surface area contributed by atoms with E-state index in [-0.39, 0.29) is 23.5 Å². The first kappa shape index (κ1) is 18.2. The van der Waals surface area contributed by atoms with Gasteiger partial charge in [0.05, 0.1) is 36.7 Å². The number of methoxy groups -OCH3 is 2. The minimum Gasteiger partial charge on any atom is -0.497 e. The van der Waals surface area contributed by atoms with Crippen LogP contribution in [0.15, 0.2) is 23.1 Å². The molecule has 2 aliphatic heterocycles. The van der Waals surface area contributed by atoms with Crippen LogP contribution in [0, 0.1) is 0 Å². The van der Waals surface area contributed by atoms with Crippen molar-refractivity contribution in [1.29, 1.82) is 0 Å². The lowest BCUT2D eigenvalue weighted by atomic mass is 10.1. The summed E-state index contributed by atoms with van der Waals surface area (Å²) >= 11 is 6.48. The average Bonchev–Trinajstić information content (AvgIpc) is 3.06. The molecule has 0 bridgehead atoms. The number of rotatable bonds is 4. The molecule has 0 N–H and O–H groups in total.